The van der Waals surface area contributed by atoms with Crippen molar-refractivity contribution in [3.8, 4) is 0 Å². The van der Waals surface area contributed by atoms with Crippen molar-refractivity contribution in [3.63, 3.8) is 0 Å². The summed E-state index contributed by atoms with van der Waals surface area (Å²) in [6.45, 7) is 0. The molecule has 1 aliphatic rings. The maximum absolute atomic E-state index is 12.0. The minimum atomic E-state index is -0.931. The van der Waals surface area contributed by atoms with Crippen molar-refractivity contribution in [2.75, 3.05) is 5.32 Å². The zero-order valence-corrected chi connectivity index (χ0v) is 11.1. The first-order valence-electron chi connectivity index (χ1n) is 6.14. The summed E-state index contributed by atoms with van der Waals surface area (Å²) in [5.74, 6) is -2.27. The van der Waals surface area contributed by atoms with Crippen LogP contribution >= 0.6 is 11.6 Å². The van der Waals surface area contributed by atoms with Crippen LogP contribution in [0.1, 0.15) is 6.42 Å². The van der Waals surface area contributed by atoms with Crippen LogP contribution < -0.4 is 5.32 Å². The van der Waals surface area contributed by atoms with Gasteiger partial charge in [0.25, 0.3) is 0 Å². The van der Waals surface area contributed by atoms with Gasteiger partial charge in [-0.25, -0.2) is 0 Å². The number of benzene rings is 1. The number of pyridine rings is 1. The van der Waals surface area contributed by atoms with Crippen molar-refractivity contribution >= 4 is 40.1 Å². The maximum atomic E-state index is 12.0. The van der Waals surface area contributed by atoms with Crippen molar-refractivity contribution in [2.24, 2.45) is 11.8 Å². The number of nitrogens with zero attached hydrogens (tertiary/aromatic N) is 1. The second kappa shape index (κ2) is 4.76. The molecule has 2 unspecified atom stereocenters. The number of fused-ring (bicyclic) bond motifs is 1. The summed E-state index contributed by atoms with van der Waals surface area (Å²) in [4.78, 5) is 27.0. The smallest absolute Gasteiger partial charge is 0.307 e. The second-order valence-corrected chi connectivity index (χ2v) is 5.24. The number of rotatable bonds is 3. The van der Waals surface area contributed by atoms with Gasteiger partial charge in [0.2, 0.25) is 5.91 Å². The topological polar surface area (TPSA) is 79.3 Å². The van der Waals surface area contributed by atoms with Crippen molar-refractivity contribution in [2.45, 2.75) is 6.42 Å². The fourth-order valence-corrected chi connectivity index (χ4v) is 2.46. The first-order valence-corrected chi connectivity index (χ1v) is 6.52. The molecule has 0 spiro atoms. The Morgan fingerprint density at radius 1 is 1.35 bits per heavy atom. The number of nitrogens with one attached hydrogen (secondary N) is 1. The normalized spacial score (nSPS) is 20.6. The molecular formula is C14H11ClN2O3. The summed E-state index contributed by atoms with van der Waals surface area (Å²) in [5.41, 5.74) is 1.15. The van der Waals surface area contributed by atoms with Crippen LogP contribution in [0.25, 0.3) is 10.9 Å². The highest BCUT2D eigenvalue weighted by Crippen LogP contribution is 2.40. The predicted molar refractivity (Wildman–Crippen MR) is 74.6 cm³/mol. The SMILES string of the molecule is O=C(O)C1CC1C(=O)Nc1cc(Cl)cc2cccnc12. The number of carboxylic acids is 1. The molecule has 6 heteroatoms. The zero-order chi connectivity index (χ0) is 14.3. The van der Waals surface area contributed by atoms with E-state index in [0.29, 0.717) is 22.6 Å². The highest BCUT2D eigenvalue weighted by atomic mass is 35.5. The number of hydrogen-bond donors (Lipinski definition) is 2. The van der Waals surface area contributed by atoms with E-state index in [0.717, 1.165) is 5.39 Å². The van der Waals surface area contributed by atoms with E-state index in [1.807, 2.05) is 6.07 Å². The molecule has 2 N–H and O–H groups in total. The van der Waals surface area contributed by atoms with Gasteiger partial charge in [-0.05, 0) is 24.6 Å². The summed E-state index contributed by atoms with van der Waals surface area (Å²) < 4.78 is 0. The lowest BCUT2D eigenvalue weighted by Crippen LogP contribution is -2.17. The molecule has 0 aliphatic heterocycles. The molecule has 0 radical (unpaired) electrons. The molecule has 2 aromatic rings. The van der Waals surface area contributed by atoms with Crippen LogP contribution in [0, 0.1) is 11.8 Å². The minimum Gasteiger partial charge on any atom is -0.481 e. The lowest BCUT2D eigenvalue weighted by molar-refractivity contribution is -0.139. The number of aliphatic carboxylic acids is 1. The molecule has 1 fully saturated rings. The highest BCUT2D eigenvalue weighted by Gasteiger charge is 2.48. The van der Waals surface area contributed by atoms with Crippen LogP contribution in [0.4, 0.5) is 5.69 Å². The van der Waals surface area contributed by atoms with Gasteiger partial charge in [-0.3, -0.25) is 14.6 Å². The Bertz CT molecular complexity index is 717. The molecule has 0 saturated heterocycles. The Balaban J connectivity index is 1.88. The zero-order valence-electron chi connectivity index (χ0n) is 10.3. The Kier molecular flexibility index (Phi) is 3.06. The lowest BCUT2D eigenvalue weighted by atomic mass is 10.2. The van der Waals surface area contributed by atoms with Gasteiger partial charge in [0.1, 0.15) is 0 Å². The van der Waals surface area contributed by atoms with Crippen LogP contribution in [0.2, 0.25) is 5.02 Å². The van der Waals surface area contributed by atoms with Crippen molar-refractivity contribution in [1.82, 2.24) is 4.98 Å². The fraction of sp³-hybridized carbons (Fsp3) is 0.214. The summed E-state index contributed by atoms with van der Waals surface area (Å²) >= 11 is 6.01. The average Bonchev–Trinajstić information content (AvgIpc) is 3.18. The molecule has 1 saturated carbocycles. The third kappa shape index (κ3) is 2.32. The van der Waals surface area contributed by atoms with Gasteiger partial charge in [-0.1, -0.05) is 17.7 Å². The quantitative estimate of drug-likeness (QED) is 0.910. The molecule has 2 atom stereocenters. The molecule has 0 bridgehead atoms. The molecule has 1 heterocycles. The molecule has 102 valence electrons. The monoisotopic (exact) mass is 290 g/mol. The van der Waals surface area contributed by atoms with Crippen molar-refractivity contribution in [3.05, 3.63) is 35.5 Å². The number of carboxylic acid groups (broad SMARTS) is 1. The number of halogens is 1. The highest BCUT2D eigenvalue weighted by molar-refractivity contribution is 6.32. The van der Waals surface area contributed by atoms with Crippen LogP contribution in [0.3, 0.4) is 0 Å². The van der Waals surface area contributed by atoms with Gasteiger partial charge in [-0.2, -0.15) is 0 Å². The lowest BCUT2D eigenvalue weighted by Gasteiger charge is -2.08. The Morgan fingerprint density at radius 2 is 2.15 bits per heavy atom. The largest absolute Gasteiger partial charge is 0.481 e. The summed E-state index contributed by atoms with van der Waals surface area (Å²) in [7, 11) is 0. The Morgan fingerprint density at radius 3 is 2.85 bits per heavy atom. The molecule has 1 amide bonds. The van der Waals surface area contributed by atoms with E-state index in [1.165, 1.54) is 0 Å². The number of hydrogen-bond acceptors (Lipinski definition) is 3. The van der Waals surface area contributed by atoms with Crippen LogP contribution in [0.5, 0.6) is 0 Å². The van der Waals surface area contributed by atoms with E-state index in [1.54, 1.807) is 24.4 Å². The molecule has 1 aromatic heterocycles. The number of aromatic nitrogens is 1. The summed E-state index contributed by atoms with van der Waals surface area (Å²) in [5, 5.41) is 12.9. The summed E-state index contributed by atoms with van der Waals surface area (Å²) in [6.07, 6.45) is 2.01. The molecule has 20 heavy (non-hydrogen) atoms. The van der Waals surface area contributed by atoms with Crippen LogP contribution in [-0.2, 0) is 9.59 Å². The molecular weight excluding hydrogens is 280 g/mol. The van der Waals surface area contributed by atoms with E-state index in [4.69, 9.17) is 16.7 Å². The summed E-state index contributed by atoms with van der Waals surface area (Å²) in [6, 6.07) is 7.01. The van der Waals surface area contributed by atoms with Gasteiger partial charge in [0.05, 0.1) is 23.0 Å². The van der Waals surface area contributed by atoms with Gasteiger partial charge in [-0.15, -0.1) is 0 Å². The van der Waals surface area contributed by atoms with E-state index in [2.05, 4.69) is 10.3 Å². The molecule has 3 rings (SSSR count). The number of carbonyl (C=O) groups excluding carboxylic acids is 1. The molecule has 1 aliphatic carbocycles. The van der Waals surface area contributed by atoms with Gasteiger partial charge in [0.15, 0.2) is 0 Å². The van der Waals surface area contributed by atoms with Crippen LogP contribution in [-0.4, -0.2) is 22.0 Å². The average molecular weight is 291 g/mol. The number of carbonyl (C=O) groups is 2. The number of anilines is 1. The van der Waals surface area contributed by atoms with Gasteiger partial charge >= 0.3 is 5.97 Å². The van der Waals surface area contributed by atoms with Crippen molar-refractivity contribution < 1.29 is 14.7 Å². The van der Waals surface area contributed by atoms with Gasteiger partial charge < -0.3 is 10.4 Å². The molecule has 1 aromatic carbocycles. The van der Waals surface area contributed by atoms with Crippen molar-refractivity contribution in [1.29, 1.82) is 0 Å². The van der Waals surface area contributed by atoms with Gasteiger partial charge in [0, 0.05) is 16.6 Å². The minimum absolute atomic E-state index is 0.299. The number of amides is 1. The van der Waals surface area contributed by atoms with E-state index < -0.39 is 17.8 Å². The standard InChI is InChI=1S/C14H11ClN2O3/c15-8-4-7-2-1-3-16-12(7)11(5-8)17-13(18)9-6-10(9)14(19)20/h1-5,9-10H,6H2,(H,17,18)(H,19,20). The van der Waals surface area contributed by atoms with E-state index in [-0.39, 0.29) is 5.91 Å². The first-order chi connectivity index (χ1) is 9.56. The van der Waals surface area contributed by atoms with E-state index in [9.17, 15) is 9.59 Å². The Hall–Kier alpha value is -2.14. The maximum Gasteiger partial charge on any atom is 0.307 e. The molecule has 5 nitrogen and oxygen atoms in total. The predicted octanol–water partition coefficient (Wildman–Crippen LogP) is 2.55. The first kappa shape index (κ1) is 12.9. The van der Waals surface area contributed by atoms with E-state index >= 15 is 0 Å². The fourth-order valence-electron chi connectivity index (χ4n) is 2.23. The third-order valence-electron chi connectivity index (χ3n) is 3.37. The Labute approximate surface area is 119 Å². The third-order valence-corrected chi connectivity index (χ3v) is 3.59. The second-order valence-electron chi connectivity index (χ2n) is 4.80. The van der Waals surface area contributed by atoms with Crippen LogP contribution in [0.15, 0.2) is 30.5 Å².